The van der Waals surface area contributed by atoms with Gasteiger partial charge in [-0.1, -0.05) is 13.8 Å². The van der Waals surface area contributed by atoms with Gasteiger partial charge in [0.25, 0.3) is 0 Å². The first-order valence-corrected chi connectivity index (χ1v) is 6.98. The molecule has 5 heteroatoms. The first kappa shape index (κ1) is 14.7. The Kier molecular flexibility index (Phi) is 6.77. The van der Waals surface area contributed by atoms with Crippen LogP contribution in [0, 0.1) is 0 Å². The van der Waals surface area contributed by atoms with Gasteiger partial charge in [0.15, 0.2) is 0 Å². The fraction of sp³-hybridized carbons (Fsp3) is 0.750. The Bertz CT molecular complexity index is 308. The van der Waals surface area contributed by atoms with Crippen LogP contribution in [0.1, 0.15) is 38.4 Å². The fourth-order valence-electron chi connectivity index (χ4n) is 1.84. The summed E-state index contributed by atoms with van der Waals surface area (Å²) >= 11 is 3.55. The zero-order chi connectivity index (χ0) is 12.7. The molecule has 0 saturated heterocycles. The average Bonchev–Trinajstić information content (AvgIpc) is 2.63. The van der Waals surface area contributed by atoms with Gasteiger partial charge in [0.1, 0.15) is 0 Å². The van der Waals surface area contributed by atoms with Crippen molar-refractivity contribution in [2.75, 3.05) is 19.8 Å². The Hall–Kier alpha value is -0.390. The summed E-state index contributed by atoms with van der Waals surface area (Å²) in [7, 11) is 1.97. The van der Waals surface area contributed by atoms with Gasteiger partial charge in [-0.15, -0.1) is 0 Å². The molecule has 0 aliphatic carbocycles. The van der Waals surface area contributed by atoms with Crippen molar-refractivity contribution >= 4 is 15.9 Å². The van der Waals surface area contributed by atoms with Crippen molar-refractivity contribution in [1.29, 1.82) is 0 Å². The summed E-state index contributed by atoms with van der Waals surface area (Å²) in [5, 5.41) is 7.73. The zero-order valence-corrected chi connectivity index (χ0v) is 12.5. The summed E-state index contributed by atoms with van der Waals surface area (Å²) in [6, 6.07) is 0.290. The molecule has 0 aromatic carbocycles. The van der Waals surface area contributed by atoms with Crippen molar-refractivity contribution in [3.05, 3.63) is 16.4 Å². The van der Waals surface area contributed by atoms with E-state index in [-0.39, 0.29) is 0 Å². The van der Waals surface area contributed by atoms with Crippen LogP contribution in [0.5, 0.6) is 0 Å². The summed E-state index contributed by atoms with van der Waals surface area (Å²) < 4.78 is 8.52. The summed E-state index contributed by atoms with van der Waals surface area (Å²) in [5.41, 5.74) is 1.19. The molecule has 1 rings (SSSR count). The van der Waals surface area contributed by atoms with Crippen molar-refractivity contribution in [2.24, 2.45) is 7.05 Å². The minimum absolute atomic E-state index is 0.290. The van der Waals surface area contributed by atoms with Gasteiger partial charge in [-0.05, 0) is 35.3 Å². The zero-order valence-electron chi connectivity index (χ0n) is 10.9. The predicted octanol–water partition coefficient (Wildman–Crippen LogP) is 2.65. The number of ether oxygens (including phenoxy) is 1. The molecule has 1 heterocycles. The highest BCUT2D eigenvalue weighted by molar-refractivity contribution is 9.10. The summed E-state index contributed by atoms with van der Waals surface area (Å²) in [6.45, 7) is 6.80. The molecule has 17 heavy (non-hydrogen) atoms. The smallest absolute Gasteiger partial charge is 0.0693 e. The number of nitrogens with zero attached hydrogens (tertiary/aromatic N) is 2. The minimum atomic E-state index is 0.290. The highest BCUT2D eigenvalue weighted by Crippen LogP contribution is 2.24. The topological polar surface area (TPSA) is 39.1 Å². The van der Waals surface area contributed by atoms with Crippen LogP contribution in [0.25, 0.3) is 0 Å². The molecular weight excluding hydrogens is 282 g/mol. The van der Waals surface area contributed by atoms with Gasteiger partial charge in [0.05, 0.1) is 22.4 Å². The molecule has 0 aliphatic heterocycles. The number of aromatic nitrogens is 2. The molecular formula is C12H22BrN3O. The van der Waals surface area contributed by atoms with Crippen molar-refractivity contribution in [3.63, 3.8) is 0 Å². The third kappa shape index (κ3) is 4.41. The highest BCUT2D eigenvalue weighted by Gasteiger charge is 2.17. The van der Waals surface area contributed by atoms with E-state index in [1.807, 2.05) is 17.9 Å². The molecule has 0 aliphatic rings. The van der Waals surface area contributed by atoms with Gasteiger partial charge in [0.2, 0.25) is 0 Å². The van der Waals surface area contributed by atoms with Crippen LogP contribution in [0.3, 0.4) is 0 Å². The molecule has 0 bridgehead atoms. The molecule has 1 aromatic rings. The number of aryl methyl sites for hydroxylation is 1. The second-order valence-electron chi connectivity index (χ2n) is 4.01. The lowest BCUT2D eigenvalue weighted by molar-refractivity contribution is 0.124. The van der Waals surface area contributed by atoms with Gasteiger partial charge in [-0.25, -0.2) is 0 Å². The molecule has 98 valence electrons. The van der Waals surface area contributed by atoms with Crippen LogP contribution in [0.2, 0.25) is 0 Å². The third-order valence-corrected chi connectivity index (χ3v) is 3.23. The lowest BCUT2D eigenvalue weighted by Gasteiger charge is -2.18. The maximum Gasteiger partial charge on any atom is 0.0693 e. The number of hydrogen-bond donors (Lipinski definition) is 1. The third-order valence-electron chi connectivity index (χ3n) is 2.62. The number of rotatable bonds is 8. The first-order chi connectivity index (χ1) is 8.20. The van der Waals surface area contributed by atoms with Crippen LogP contribution in [0.15, 0.2) is 10.7 Å². The van der Waals surface area contributed by atoms with Gasteiger partial charge in [0, 0.05) is 20.3 Å². The number of nitrogens with one attached hydrogen (secondary N) is 1. The summed E-state index contributed by atoms with van der Waals surface area (Å²) in [6.07, 6.45) is 3.87. The second kappa shape index (κ2) is 7.84. The molecule has 0 fully saturated rings. The van der Waals surface area contributed by atoms with Crippen molar-refractivity contribution < 1.29 is 4.74 Å². The number of hydrogen-bond acceptors (Lipinski definition) is 3. The Morgan fingerprint density at radius 1 is 1.47 bits per heavy atom. The SMILES string of the molecule is CCCOCCC(NCC)c1c(Br)cnn1C. The van der Waals surface area contributed by atoms with Gasteiger partial charge < -0.3 is 10.1 Å². The Balaban J connectivity index is 2.59. The van der Waals surface area contributed by atoms with E-state index in [0.717, 1.165) is 37.1 Å². The van der Waals surface area contributed by atoms with Crippen molar-refractivity contribution in [1.82, 2.24) is 15.1 Å². The summed E-state index contributed by atoms with van der Waals surface area (Å²) in [4.78, 5) is 0. The average molecular weight is 304 g/mol. The maximum atomic E-state index is 5.55. The molecule has 1 N–H and O–H groups in total. The number of halogens is 1. The van der Waals surface area contributed by atoms with Crippen LogP contribution in [-0.2, 0) is 11.8 Å². The van der Waals surface area contributed by atoms with E-state index in [1.165, 1.54) is 5.69 Å². The Morgan fingerprint density at radius 3 is 2.76 bits per heavy atom. The molecule has 0 radical (unpaired) electrons. The monoisotopic (exact) mass is 303 g/mol. The second-order valence-corrected chi connectivity index (χ2v) is 4.87. The molecule has 1 atom stereocenters. The van der Waals surface area contributed by atoms with Crippen LogP contribution in [-0.4, -0.2) is 29.5 Å². The van der Waals surface area contributed by atoms with Gasteiger partial charge >= 0.3 is 0 Å². The van der Waals surface area contributed by atoms with Gasteiger partial charge in [-0.3, -0.25) is 4.68 Å². The van der Waals surface area contributed by atoms with E-state index in [4.69, 9.17) is 4.74 Å². The van der Waals surface area contributed by atoms with E-state index in [0.29, 0.717) is 6.04 Å². The lowest BCUT2D eigenvalue weighted by Crippen LogP contribution is -2.25. The molecule has 0 amide bonds. The standard InChI is InChI=1S/C12H22BrN3O/c1-4-7-17-8-6-11(14-5-2)12-10(13)9-15-16(12)3/h9,11,14H,4-8H2,1-3H3. The maximum absolute atomic E-state index is 5.55. The first-order valence-electron chi connectivity index (χ1n) is 6.19. The highest BCUT2D eigenvalue weighted by atomic mass is 79.9. The van der Waals surface area contributed by atoms with Crippen molar-refractivity contribution in [3.8, 4) is 0 Å². The minimum Gasteiger partial charge on any atom is -0.381 e. The normalized spacial score (nSPS) is 12.9. The lowest BCUT2D eigenvalue weighted by atomic mass is 10.1. The Morgan fingerprint density at radius 2 is 2.24 bits per heavy atom. The van der Waals surface area contributed by atoms with E-state index in [2.05, 4.69) is 40.2 Å². The molecule has 0 spiro atoms. The molecule has 0 saturated carbocycles. The van der Waals surface area contributed by atoms with E-state index < -0.39 is 0 Å². The molecule has 4 nitrogen and oxygen atoms in total. The predicted molar refractivity (Wildman–Crippen MR) is 73.1 cm³/mol. The van der Waals surface area contributed by atoms with E-state index >= 15 is 0 Å². The van der Waals surface area contributed by atoms with Crippen LogP contribution < -0.4 is 5.32 Å². The van der Waals surface area contributed by atoms with E-state index in [9.17, 15) is 0 Å². The fourth-order valence-corrected chi connectivity index (χ4v) is 2.47. The van der Waals surface area contributed by atoms with E-state index in [1.54, 1.807) is 0 Å². The van der Waals surface area contributed by atoms with Gasteiger partial charge in [-0.2, -0.15) is 5.10 Å². The van der Waals surface area contributed by atoms with Crippen LogP contribution in [0.4, 0.5) is 0 Å². The van der Waals surface area contributed by atoms with Crippen LogP contribution >= 0.6 is 15.9 Å². The Labute approximate surface area is 112 Å². The summed E-state index contributed by atoms with van der Waals surface area (Å²) in [5.74, 6) is 0. The molecule has 1 unspecified atom stereocenters. The largest absolute Gasteiger partial charge is 0.381 e. The quantitative estimate of drug-likeness (QED) is 0.751. The van der Waals surface area contributed by atoms with Crippen molar-refractivity contribution in [2.45, 2.75) is 32.7 Å². The molecule has 1 aromatic heterocycles.